The Morgan fingerprint density at radius 1 is 1.30 bits per heavy atom. The molecule has 3 heterocycles. The highest BCUT2D eigenvalue weighted by Crippen LogP contribution is 2.33. The normalized spacial score (nSPS) is 16.0. The number of thiazole rings is 1. The number of nitrogens with one attached hydrogen (secondary N) is 1. The van der Waals surface area contributed by atoms with Crippen LogP contribution < -0.4 is 10.1 Å². The zero-order valence-corrected chi connectivity index (χ0v) is 18.2. The third kappa shape index (κ3) is 3.95. The molecule has 0 spiro atoms. The summed E-state index contributed by atoms with van der Waals surface area (Å²) in [6.07, 6.45) is 1.15. The highest BCUT2D eigenvalue weighted by molar-refractivity contribution is 7.09. The van der Waals surface area contributed by atoms with E-state index in [2.05, 4.69) is 10.3 Å². The number of benzene rings is 1. The van der Waals surface area contributed by atoms with Gasteiger partial charge in [0.25, 0.3) is 5.91 Å². The van der Waals surface area contributed by atoms with Gasteiger partial charge in [-0.25, -0.2) is 4.98 Å². The van der Waals surface area contributed by atoms with Crippen molar-refractivity contribution >= 4 is 28.2 Å². The molecule has 7 nitrogen and oxygen atoms in total. The van der Waals surface area contributed by atoms with Gasteiger partial charge in [0, 0.05) is 18.6 Å². The minimum Gasteiger partial charge on any atom is -0.488 e. The highest BCUT2D eigenvalue weighted by Gasteiger charge is 2.35. The van der Waals surface area contributed by atoms with Gasteiger partial charge in [0.05, 0.1) is 33.8 Å². The van der Waals surface area contributed by atoms with Crippen LogP contribution in [0.2, 0.25) is 0 Å². The van der Waals surface area contributed by atoms with Gasteiger partial charge in [-0.1, -0.05) is 0 Å². The first kappa shape index (κ1) is 20.8. The maximum atomic E-state index is 13.2. The van der Waals surface area contributed by atoms with Crippen molar-refractivity contribution in [2.45, 2.75) is 45.8 Å². The second-order valence-electron chi connectivity index (χ2n) is 7.80. The van der Waals surface area contributed by atoms with Crippen molar-refractivity contribution in [1.82, 2.24) is 10.3 Å². The number of ether oxygens (including phenoxy) is 2. The van der Waals surface area contributed by atoms with Crippen LogP contribution >= 0.6 is 11.3 Å². The summed E-state index contributed by atoms with van der Waals surface area (Å²) in [4.78, 5) is 18.5. The summed E-state index contributed by atoms with van der Waals surface area (Å²) in [6, 6.07) is 3.76. The van der Waals surface area contributed by atoms with Gasteiger partial charge in [-0.2, -0.15) is 0 Å². The van der Waals surface area contributed by atoms with Gasteiger partial charge in [0.1, 0.15) is 23.7 Å². The van der Waals surface area contributed by atoms with Crippen molar-refractivity contribution in [3.05, 3.63) is 45.1 Å². The summed E-state index contributed by atoms with van der Waals surface area (Å²) in [5, 5.41) is 13.7. The Kier molecular flexibility index (Phi) is 5.81. The number of hydrogen-bond donors (Lipinski definition) is 2. The monoisotopic (exact) mass is 430 g/mol. The molecule has 2 N–H and O–H groups in total. The van der Waals surface area contributed by atoms with E-state index in [0.29, 0.717) is 60.7 Å². The number of rotatable bonds is 6. The Hall–Kier alpha value is -2.42. The van der Waals surface area contributed by atoms with E-state index >= 15 is 0 Å². The number of hydrogen-bond acceptors (Lipinski definition) is 7. The number of aromatic nitrogens is 1. The molecule has 1 aliphatic rings. The minimum atomic E-state index is -0.668. The molecule has 3 aromatic rings. The lowest BCUT2D eigenvalue weighted by atomic mass is 9.90. The summed E-state index contributed by atoms with van der Waals surface area (Å²) < 4.78 is 17.3. The fourth-order valence-electron chi connectivity index (χ4n) is 3.82. The molecule has 0 atom stereocenters. The zero-order valence-electron chi connectivity index (χ0n) is 17.4. The molecular weight excluding hydrogens is 404 g/mol. The number of fused-ring (bicyclic) bond motifs is 1. The molecule has 0 unspecified atom stereocenters. The van der Waals surface area contributed by atoms with E-state index in [1.807, 2.05) is 26.0 Å². The van der Waals surface area contributed by atoms with E-state index in [-0.39, 0.29) is 12.5 Å². The zero-order chi connectivity index (χ0) is 21.3. The van der Waals surface area contributed by atoms with E-state index in [1.54, 1.807) is 23.8 Å². The summed E-state index contributed by atoms with van der Waals surface area (Å²) in [5.74, 6) is 0.962. The lowest BCUT2D eigenvalue weighted by Crippen LogP contribution is -2.54. The molecule has 0 saturated carbocycles. The Morgan fingerprint density at radius 2 is 2.07 bits per heavy atom. The SMILES string of the molecule is Cc1ncsc1COc1cc(C)c2oc(C)c(C(=O)NC3(CO)CCOCC3)c2c1. The Balaban J connectivity index is 1.64. The second kappa shape index (κ2) is 8.37. The highest BCUT2D eigenvalue weighted by atomic mass is 32.1. The molecule has 1 fully saturated rings. The van der Waals surface area contributed by atoms with E-state index in [0.717, 1.165) is 16.1 Å². The van der Waals surface area contributed by atoms with Crippen LogP contribution in [0.5, 0.6) is 5.75 Å². The van der Waals surface area contributed by atoms with Gasteiger partial charge >= 0.3 is 0 Å². The van der Waals surface area contributed by atoms with Crippen LogP contribution in [0.15, 0.2) is 22.1 Å². The van der Waals surface area contributed by atoms with Crippen molar-refractivity contribution in [2.24, 2.45) is 0 Å². The number of aliphatic hydroxyl groups excluding tert-OH is 1. The van der Waals surface area contributed by atoms with Crippen LogP contribution in [0.25, 0.3) is 11.0 Å². The molecule has 0 aliphatic carbocycles. The molecular formula is C22H26N2O5S. The van der Waals surface area contributed by atoms with Gasteiger partial charge < -0.3 is 24.3 Å². The van der Waals surface area contributed by atoms with Crippen molar-refractivity contribution in [3.8, 4) is 5.75 Å². The van der Waals surface area contributed by atoms with E-state index in [4.69, 9.17) is 13.9 Å². The number of aryl methyl sites for hydroxylation is 3. The number of nitrogens with zero attached hydrogens (tertiary/aromatic N) is 1. The van der Waals surface area contributed by atoms with Gasteiger partial charge in [-0.3, -0.25) is 4.79 Å². The first-order valence-corrected chi connectivity index (χ1v) is 10.9. The smallest absolute Gasteiger partial charge is 0.255 e. The fraction of sp³-hybridized carbons (Fsp3) is 0.455. The van der Waals surface area contributed by atoms with Crippen molar-refractivity contribution in [2.75, 3.05) is 19.8 Å². The molecule has 160 valence electrons. The standard InChI is InChI=1S/C22H26N2O5S/c1-13-8-16(28-10-18-14(2)23-12-30-18)9-17-19(15(3)29-20(13)17)21(26)24-22(11-25)4-6-27-7-5-22/h8-9,12,25H,4-7,10-11H2,1-3H3,(H,24,26). The van der Waals surface area contributed by atoms with E-state index in [9.17, 15) is 9.90 Å². The molecule has 2 aromatic heterocycles. The van der Waals surface area contributed by atoms with Gasteiger partial charge in [0.15, 0.2) is 0 Å². The number of aliphatic hydroxyl groups is 1. The van der Waals surface area contributed by atoms with Crippen molar-refractivity contribution in [1.29, 1.82) is 0 Å². The molecule has 0 radical (unpaired) electrons. The molecule has 1 aromatic carbocycles. The Morgan fingerprint density at radius 3 is 2.73 bits per heavy atom. The van der Waals surface area contributed by atoms with E-state index < -0.39 is 5.54 Å². The maximum Gasteiger partial charge on any atom is 0.255 e. The van der Waals surface area contributed by atoms with Crippen LogP contribution in [0, 0.1) is 20.8 Å². The maximum absolute atomic E-state index is 13.2. The minimum absolute atomic E-state index is 0.126. The summed E-state index contributed by atoms with van der Waals surface area (Å²) in [6.45, 7) is 7.00. The van der Waals surface area contributed by atoms with Crippen LogP contribution in [0.4, 0.5) is 0 Å². The summed E-state index contributed by atoms with van der Waals surface area (Å²) in [7, 11) is 0. The fourth-order valence-corrected chi connectivity index (χ4v) is 4.51. The molecule has 30 heavy (non-hydrogen) atoms. The van der Waals surface area contributed by atoms with E-state index in [1.165, 1.54) is 0 Å². The summed E-state index contributed by atoms with van der Waals surface area (Å²) in [5.41, 5.74) is 4.14. The lowest BCUT2D eigenvalue weighted by Gasteiger charge is -2.36. The number of furan rings is 1. The summed E-state index contributed by atoms with van der Waals surface area (Å²) >= 11 is 1.56. The lowest BCUT2D eigenvalue weighted by molar-refractivity contribution is 0.0125. The largest absolute Gasteiger partial charge is 0.488 e. The number of carbonyl (C=O) groups excluding carboxylic acids is 1. The van der Waals surface area contributed by atoms with Gasteiger partial charge in [0.2, 0.25) is 0 Å². The molecule has 1 aliphatic heterocycles. The van der Waals surface area contributed by atoms with Crippen LogP contribution in [-0.4, -0.2) is 41.4 Å². The first-order chi connectivity index (χ1) is 14.4. The predicted molar refractivity (Wildman–Crippen MR) is 114 cm³/mol. The molecule has 1 amide bonds. The quantitative estimate of drug-likeness (QED) is 0.620. The van der Waals surface area contributed by atoms with Crippen LogP contribution in [0.3, 0.4) is 0 Å². The Labute approximate surface area is 179 Å². The molecule has 0 bridgehead atoms. The second-order valence-corrected chi connectivity index (χ2v) is 8.74. The average molecular weight is 431 g/mol. The van der Waals surface area contributed by atoms with Crippen LogP contribution in [-0.2, 0) is 11.3 Å². The number of carbonyl (C=O) groups is 1. The predicted octanol–water partition coefficient (Wildman–Crippen LogP) is 3.66. The Bertz CT molecular complexity index is 1070. The topological polar surface area (TPSA) is 93.8 Å². The number of amides is 1. The molecule has 1 saturated heterocycles. The van der Waals surface area contributed by atoms with Crippen molar-refractivity contribution in [3.63, 3.8) is 0 Å². The van der Waals surface area contributed by atoms with Gasteiger partial charge in [-0.05, 0) is 51.3 Å². The van der Waals surface area contributed by atoms with Gasteiger partial charge in [-0.15, -0.1) is 11.3 Å². The first-order valence-electron chi connectivity index (χ1n) is 9.99. The third-order valence-corrected chi connectivity index (χ3v) is 6.61. The molecule has 4 rings (SSSR count). The molecule has 8 heteroatoms. The average Bonchev–Trinajstić information content (AvgIpc) is 3.29. The third-order valence-electron chi connectivity index (χ3n) is 5.70. The van der Waals surface area contributed by atoms with Crippen LogP contribution in [0.1, 0.15) is 45.1 Å². The van der Waals surface area contributed by atoms with Crippen molar-refractivity contribution < 1.29 is 23.8 Å².